The molecule has 120 valence electrons. The Morgan fingerprint density at radius 3 is 2.26 bits per heavy atom. The van der Waals surface area contributed by atoms with Crippen molar-refractivity contribution in [2.24, 2.45) is 0 Å². The molecular formula is C15H13ClF3KO3. The summed E-state index contributed by atoms with van der Waals surface area (Å²) < 4.78 is 43.8. The van der Waals surface area contributed by atoms with Crippen molar-refractivity contribution < 1.29 is 79.2 Å². The third-order valence-corrected chi connectivity index (χ3v) is 3.59. The predicted molar refractivity (Wildman–Crippen MR) is 73.6 cm³/mol. The Hall–Kier alpha value is -0.0536. The molecule has 0 saturated carbocycles. The Morgan fingerprint density at radius 2 is 1.83 bits per heavy atom. The van der Waals surface area contributed by atoms with E-state index in [4.69, 9.17) is 16.3 Å². The minimum Gasteiger partial charge on any atom is -0.545 e. The summed E-state index contributed by atoms with van der Waals surface area (Å²) in [6, 6.07) is 2.81. The van der Waals surface area contributed by atoms with Crippen molar-refractivity contribution in [3.63, 3.8) is 0 Å². The summed E-state index contributed by atoms with van der Waals surface area (Å²) in [7, 11) is 0. The molecule has 0 aromatic heterocycles. The van der Waals surface area contributed by atoms with Crippen molar-refractivity contribution in [2.75, 3.05) is 0 Å². The van der Waals surface area contributed by atoms with E-state index in [-0.39, 0.29) is 62.7 Å². The molecule has 23 heavy (non-hydrogen) atoms. The third kappa shape index (κ3) is 4.52. The van der Waals surface area contributed by atoms with Crippen LogP contribution in [0.3, 0.4) is 0 Å². The summed E-state index contributed by atoms with van der Waals surface area (Å²) in [5, 5.41) is 11.3. The molecule has 1 atom stereocenters. The van der Waals surface area contributed by atoms with E-state index in [1.54, 1.807) is 0 Å². The van der Waals surface area contributed by atoms with Crippen molar-refractivity contribution in [2.45, 2.75) is 38.5 Å². The average Bonchev–Trinajstić information content (AvgIpc) is 2.33. The molecule has 0 aliphatic carbocycles. The molecular weight excluding hydrogens is 360 g/mol. The first-order valence-electron chi connectivity index (χ1n) is 6.41. The first-order chi connectivity index (χ1) is 9.91. The van der Waals surface area contributed by atoms with E-state index in [0.29, 0.717) is 10.6 Å². The molecule has 1 aliphatic heterocycles. The number of carbonyl (C=O) groups excluding carboxylic acids is 1. The number of carbonyl (C=O) groups is 1. The van der Waals surface area contributed by atoms with E-state index in [1.807, 2.05) is 20.8 Å². The summed E-state index contributed by atoms with van der Waals surface area (Å²) in [6.07, 6.45) is -6.52. The Kier molecular flexibility index (Phi) is 6.44. The van der Waals surface area contributed by atoms with Crippen molar-refractivity contribution in [1.29, 1.82) is 0 Å². The van der Waals surface area contributed by atoms with Gasteiger partial charge in [-0.1, -0.05) is 32.4 Å². The van der Waals surface area contributed by atoms with Gasteiger partial charge in [0.25, 0.3) is 0 Å². The summed E-state index contributed by atoms with van der Waals surface area (Å²) in [4.78, 5) is 10.9. The predicted octanol–water partition coefficient (Wildman–Crippen LogP) is 0.0981. The molecule has 1 aromatic carbocycles. The van der Waals surface area contributed by atoms with E-state index >= 15 is 0 Å². The number of benzene rings is 1. The van der Waals surface area contributed by atoms with Gasteiger partial charge in [-0.2, -0.15) is 13.2 Å². The van der Waals surface area contributed by atoms with Crippen molar-refractivity contribution >= 4 is 23.6 Å². The van der Waals surface area contributed by atoms with E-state index in [0.717, 1.165) is 6.08 Å². The molecule has 0 fully saturated rings. The van der Waals surface area contributed by atoms with E-state index < -0.39 is 29.2 Å². The van der Waals surface area contributed by atoms with Crippen LogP contribution in [0.5, 0.6) is 5.75 Å². The van der Waals surface area contributed by atoms with Gasteiger partial charge >= 0.3 is 57.6 Å². The molecule has 0 spiro atoms. The number of aliphatic carboxylic acids is 1. The molecule has 0 N–H and O–H groups in total. The maximum atomic E-state index is 13.0. The topological polar surface area (TPSA) is 49.4 Å². The van der Waals surface area contributed by atoms with Gasteiger partial charge in [0.15, 0.2) is 0 Å². The van der Waals surface area contributed by atoms with Crippen LogP contribution >= 0.6 is 11.6 Å². The second kappa shape index (κ2) is 7.05. The molecule has 0 radical (unpaired) electrons. The van der Waals surface area contributed by atoms with Gasteiger partial charge in [-0.25, -0.2) is 0 Å². The van der Waals surface area contributed by atoms with Crippen molar-refractivity contribution in [1.82, 2.24) is 0 Å². The summed E-state index contributed by atoms with van der Waals surface area (Å²) >= 11 is 6.13. The fraction of sp³-hybridized carbons (Fsp3) is 0.400. The minimum absolute atomic E-state index is 0. The van der Waals surface area contributed by atoms with Crippen LogP contribution in [-0.4, -0.2) is 18.2 Å². The van der Waals surface area contributed by atoms with E-state index in [9.17, 15) is 23.1 Å². The van der Waals surface area contributed by atoms with Gasteiger partial charge in [-0.05, 0) is 29.2 Å². The largest absolute Gasteiger partial charge is 1.00 e. The van der Waals surface area contributed by atoms with Gasteiger partial charge in [0, 0.05) is 16.2 Å². The number of carboxylic acids is 1. The average molecular weight is 373 g/mol. The Morgan fingerprint density at radius 1 is 1.26 bits per heavy atom. The third-order valence-electron chi connectivity index (χ3n) is 3.28. The number of rotatable bonds is 1. The molecule has 0 saturated heterocycles. The second-order valence-electron chi connectivity index (χ2n) is 6.05. The number of ether oxygens (including phenoxy) is 1. The van der Waals surface area contributed by atoms with Gasteiger partial charge in [-0.15, -0.1) is 0 Å². The number of hydrogen-bond donors (Lipinski definition) is 0. The van der Waals surface area contributed by atoms with Crippen LogP contribution in [0.25, 0.3) is 6.08 Å². The van der Waals surface area contributed by atoms with Gasteiger partial charge in [0.2, 0.25) is 6.10 Å². The number of alkyl halides is 3. The molecule has 0 bridgehead atoms. The molecule has 1 aliphatic rings. The van der Waals surface area contributed by atoms with Crippen LogP contribution < -0.4 is 61.2 Å². The number of hydrogen-bond acceptors (Lipinski definition) is 3. The quantitative estimate of drug-likeness (QED) is 0.657. The monoisotopic (exact) mass is 372 g/mol. The standard InChI is InChI=1S/C15H14ClF3O3.K/c1-14(2,3)9-6-11-7(5-10(9)16)4-8(13(20)21)12(22-11)15(17,18)19;/h4-6,12H,1-3H3,(H,20,21);/q;+1/p-1/t12-;/m0./s1. The second-order valence-corrected chi connectivity index (χ2v) is 6.45. The molecule has 1 aromatic rings. The van der Waals surface area contributed by atoms with Crippen LogP contribution in [0, 0.1) is 0 Å². The maximum absolute atomic E-state index is 13.0. The van der Waals surface area contributed by atoms with Crippen LogP contribution in [0.15, 0.2) is 17.7 Å². The fourth-order valence-electron chi connectivity index (χ4n) is 2.20. The van der Waals surface area contributed by atoms with Crippen LogP contribution in [0.4, 0.5) is 13.2 Å². The summed E-state index contributed by atoms with van der Waals surface area (Å²) in [5.74, 6) is -1.98. The zero-order valence-electron chi connectivity index (χ0n) is 13.0. The maximum Gasteiger partial charge on any atom is 1.00 e. The van der Waals surface area contributed by atoms with Gasteiger partial charge in [0.05, 0.1) is 5.97 Å². The first kappa shape index (κ1) is 21.0. The number of carboxylic acid groups (broad SMARTS) is 1. The SMILES string of the molecule is CC(C)(C)c1cc2c(cc1Cl)C=C(C(=O)[O-])[C@@H](C(F)(F)F)O2.[K+]. The Bertz CT molecular complexity index is 663. The van der Waals surface area contributed by atoms with Gasteiger partial charge in [0.1, 0.15) is 5.75 Å². The zero-order chi connectivity index (χ0) is 16.9. The number of halogens is 4. The number of fused-ring (bicyclic) bond motifs is 1. The van der Waals surface area contributed by atoms with Gasteiger partial charge < -0.3 is 14.6 Å². The molecule has 1 heterocycles. The molecule has 8 heteroatoms. The van der Waals surface area contributed by atoms with Gasteiger partial charge in [-0.3, -0.25) is 0 Å². The normalized spacial score (nSPS) is 17.5. The van der Waals surface area contributed by atoms with E-state index in [2.05, 4.69) is 0 Å². The van der Waals surface area contributed by atoms with Crippen LogP contribution in [0.2, 0.25) is 5.02 Å². The van der Waals surface area contributed by atoms with Crippen LogP contribution in [-0.2, 0) is 10.2 Å². The molecule has 0 unspecified atom stereocenters. The zero-order valence-corrected chi connectivity index (χ0v) is 16.9. The minimum atomic E-state index is -4.86. The summed E-state index contributed by atoms with van der Waals surface area (Å²) in [6.45, 7) is 5.56. The fourth-order valence-corrected chi connectivity index (χ4v) is 2.66. The first-order valence-corrected chi connectivity index (χ1v) is 6.79. The van der Waals surface area contributed by atoms with Crippen molar-refractivity contribution in [3.8, 4) is 5.75 Å². The molecule has 3 nitrogen and oxygen atoms in total. The Labute approximate surface area is 179 Å². The van der Waals surface area contributed by atoms with Crippen LogP contribution in [0.1, 0.15) is 31.9 Å². The molecule has 2 rings (SSSR count). The summed E-state index contributed by atoms with van der Waals surface area (Å²) in [5.41, 5.74) is -0.585. The molecule has 0 amide bonds. The smallest absolute Gasteiger partial charge is 0.545 e. The van der Waals surface area contributed by atoms with E-state index in [1.165, 1.54) is 12.1 Å². The Balaban J connectivity index is 0.00000264. The van der Waals surface area contributed by atoms with Crippen molar-refractivity contribution in [3.05, 3.63) is 33.9 Å².